The van der Waals surface area contributed by atoms with Gasteiger partial charge in [-0.25, -0.2) is 0 Å². The molecule has 0 aliphatic heterocycles. The van der Waals surface area contributed by atoms with Gasteiger partial charge in [-0.15, -0.1) is 0 Å². The Bertz CT molecular complexity index is 511. The number of phenols is 1. The van der Waals surface area contributed by atoms with E-state index in [0.29, 0.717) is 5.92 Å². The van der Waals surface area contributed by atoms with Gasteiger partial charge in [0.1, 0.15) is 0 Å². The Morgan fingerprint density at radius 3 is 2.74 bits per heavy atom. The van der Waals surface area contributed by atoms with Gasteiger partial charge in [0, 0.05) is 12.1 Å². The van der Waals surface area contributed by atoms with Crippen molar-refractivity contribution in [2.24, 2.45) is 5.92 Å². The third-order valence-corrected chi connectivity index (χ3v) is 3.67. The molecule has 0 saturated heterocycles. The molecule has 102 valence electrons. The zero-order chi connectivity index (χ0) is 14.0. The largest absolute Gasteiger partial charge is 0.502 e. The van der Waals surface area contributed by atoms with E-state index < -0.39 is 22.3 Å². The van der Waals surface area contributed by atoms with Gasteiger partial charge in [-0.1, -0.05) is 12.5 Å². The Morgan fingerprint density at radius 2 is 2.21 bits per heavy atom. The Balaban J connectivity index is 2.14. The fourth-order valence-corrected chi connectivity index (χ4v) is 2.20. The second kappa shape index (κ2) is 5.26. The molecule has 6 heteroatoms. The molecule has 1 aromatic carbocycles. The van der Waals surface area contributed by atoms with Crippen LogP contribution < -0.4 is 5.32 Å². The minimum Gasteiger partial charge on any atom is -0.502 e. The molecule has 1 amide bonds. The van der Waals surface area contributed by atoms with Crippen molar-refractivity contribution in [2.45, 2.75) is 32.2 Å². The first kappa shape index (κ1) is 13.3. The molecule has 2 N–H and O–H groups in total. The summed E-state index contributed by atoms with van der Waals surface area (Å²) in [6.07, 6.45) is 3.34. The van der Waals surface area contributed by atoms with Crippen LogP contribution in [0.25, 0.3) is 0 Å². The number of phenolic OH excluding ortho intramolecular Hbond substituents is 1. The minimum atomic E-state index is -0.707. The van der Waals surface area contributed by atoms with E-state index in [9.17, 15) is 20.0 Å². The van der Waals surface area contributed by atoms with Gasteiger partial charge in [-0.3, -0.25) is 14.9 Å². The van der Waals surface area contributed by atoms with Crippen molar-refractivity contribution in [1.82, 2.24) is 5.32 Å². The molecule has 19 heavy (non-hydrogen) atoms. The molecule has 1 aliphatic carbocycles. The molecule has 0 radical (unpaired) electrons. The molecule has 0 heterocycles. The van der Waals surface area contributed by atoms with Crippen molar-refractivity contribution in [3.63, 3.8) is 0 Å². The number of amides is 1. The molecule has 1 saturated carbocycles. The fraction of sp³-hybridized carbons (Fsp3) is 0.462. The first-order chi connectivity index (χ1) is 9.00. The van der Waals surface area contributed by atoms with Crippen LogP contribution in [-0.4, -0.2) is 22.0 Å². The number of hydrogen-bond acceptors (Lipinski definition) is 4. The number of para-hydroxylation sites is 1. The fourth-order valence-electron chi connectivity index (χ4n) is 2.20. The Kier molecular flexibility index (Phi) is 3.69. The predicted molar refractivity (Wildman–Crippen MR) is 69.0 cm³/mol. The predicted octanol–water partition coefficient (Wildman–Crippen LogP) is 2.22. The van der Waals surface area contributed by atoms with E-state index in [4.69, 9.17) is 0 Å². The number of carbonyl (C=O) groups is 1. The lowest BCUT2D eigenvalue weighted by atomic mass is 9.80. The number of hydrogen-bond donors (Lipinski definition) is 2. The summed E-state index contributed by atoms with van der Waals surface area (Å²) in [5.74, 6) is -0.587. The maximum Gasteiger partial charge on any atom is 0.311 e. The number of rotatable bonds is 4. The Labute approximate surface area is 110 Å². The molecule has 1 atom stereocenters. The Morgan fingerprint density at radius 1 is 1.53 bits per heavy atom. The highest BCUT2D eigenvalue weighted by Crippen LogP contribution is 2.31. The third-order valence-electron chi connectivity index (χ3n) is 3.67. The van der Waals surface area contributed by atoms with Crippen LogP contribution in [0.15, 0.2) is 18.2 Å². The van der Waals surface area contributed by atoms with Crippen LogP contribution in [-0.2, 0) is 0 Å². The maximum absolute atomic E-state index is 12.0. The second-order valence-electron chi connectivity index (χ2n) is 4.88. The van der Waals surface area contributed by atoms with E-state index >= 15 is 0 Å². The van der Waals surface area contributed by atoms with E-state index in [1.54, 1.807) is 0 Å². The van der Waals surface area contributed by atoms with E-state index in [-0.39, 0.29) is 11.6 Å². The first-order valence-electron chi connectivity index (χ1n) is 6.28. The van der Waals surface area contributed by atoms with Crippen LogP contribution in [0.3, 0.4) is 0 Å². The number of benzene rings is 1. The molecule has 1 aromatic rings. The van der Waals surface area contributed by atoms with Crippen molar-refractivity contribution < 1.29 is 14.8 Å². The topological polar surface area (TPSA) is 92.5 Å². The molecular weight excluding hydrogens is 248 g/mol. The van der Waals surface area contributed by atoms with Crippen molar-refractivity contribution in [1.29, 1.82) is 0 Å². The van der Waals surface area contributed by atoms with Gasteiger partial charge in [0.15, 0.2) is 0 Å². The van der Waals surface area contributed by atoms with Gasteiger partial charge in [0.05, 0.1) is 10.5 Å². The van der Waals surface area contributed by atoms with Crippen LogP contribution in [0.5, 0.6) is 5.75 Å². The molecule has 0 bridgehead atoms. The SMILES string of the molecule is CC(NC(=O)c1cccc([N+](=O)[O-])c1O)C1CCC1. The van der Waals surface area contributed by atoms with Crippen molar-refractivity contribution >= 4 is 11.6 Å². The Hall–Kier alpha value is -2.11. The third kappa shape index (κ3) is 2.67. The van der Waals surface area contributed by atoms with Crippen molar-refractivity contribution in [2.75, 3.05) is 0 Å². The lowest BCUT2D eigenvalue weighted by Crippen LogP contribution is -2.40. The molecular formula is C13H16N2O4. The first-order valence-corrected chi connectivity index (χ1v) is 6.28. The second-order valence-corrected chi connectivity index (χ2v) is 4.88. The summed E-state index contributed by atoms with van der Waals surface area (Å²) in [5.41, 5.74) is -0.510. The zero-order valence-corrected chi connectivity index (χ0v) is 10.6. The van der Waals surface area contributed by atoms with Crippen molar-refractivity contribution in [3.05, 3.63) is 33.9 Å². The highest BCUT2D eigenvalue weighted by atomic mass is 16.6. The molecule has 0 aromatic heterocycles. The minimum absolute atomic E-state index is 0.0138. The monoisotopic (exact) mass is 264 g/mol. The quantitative estimate of drug-likeness (QED) is 0.644. The van der Waals surface area contributed by atoms with Gasteiger partial charge < -0.3 is 10.4 Å². The summed E-state index contributed by atoms with van der Waals surface area (Å²) in [5, 5.41) is 23.2. The lowest BCUT2D eigenvalue weighted by molar-refractivity contribution is -0.385. The lowest BCUT2D eigenvalue weighted by Gasteiger charge is -2.31. The average molecular weight is 264 g/mol. The summed E-state index contributed by atoms with van der Waals surface area (Å²) in [4.78, 5) is 22.0. The number of carbonyl (C=O) groups excluding carboxylic acids is 1. The van der Waals surface area contributed by atoms with Gasteiger partial charge >= 0.3 is 5.69 Å². The van der Waals surface area contributed by atoms with Crippen LogP contribution >= 0.6 is 0 Å². The average Bonchev–Trinajstić information content (AvgIpc) is 2.25. The van der Waals surface area contributed by atoms with E-state index in [1.807, 2.05) is 6.92 Å². The molecule has 1 unspecified atom stereocenters. The van der Waals surface area contributed by atoms with Gasteiger partial charge in [-0.2, -0.15) is 0 Å². The smallest absolute Gasteiger partial charge is 0.311 e. The number of nitro groups is 1. The summed E-state index contributed by atoms with van der Waals surface area (Å²) in [6.45, 7) is 1.91. The molecule has 1 fully saturated rings. The number of nitrogens with zero attached hydrogens (tertiary/aromatic N) is 1. The highest BCUT2D eigenvalue weighted by Gasteiger charge is 2.27. The summed E-state index contributed by atoms with van der Waals surface area (Å²) in [6, 6.07) is 3.95. The molecule has 2 rings (SSSR count). The maximum atomic E-state index is 12.0. The molecule has 6 nitrogen and oxygen atoms in total. The summed E-state index contributed by atoms with van der Waals surface area (Å²) < 4.78 is 0. The van der Waals surface area contributed by atoms with Gasteiger partial charge in [-0.05, 0) is 31.7 Å². The van der Waals surface area contributed by atoms with E-state index in [0.717, 1.165) is 12.8 Å². The number of nitrogens with one attached hydrogen (secondary N) is 1. The van der Waals surface area contributed by atoms with Crippen LogP contribution in [0.1, 0.15) is 36.5 Å². The number of aromatic hydroxyl groups is 1. The highest BCUT2D eigenvalue weighted by molar-refractivity contribution is 5.98. The van der Waals surface area contributed by atoms with Crippen LogP contribution in [0, 0.1) is 16.0 Å². The normalized spacial score (nSPS) is 16.5. The van der Waals surface area contributed by atoms with Gasteiger partial charge in [0.25, 0.3) is 5.91 Å². The van der Waals surface area contributed by atoms with E-state index in [1.165, 1.54) is 24.6 Å². The van der Waals surface area contributed by atoms with Crippen molar-refractivity contribution in [3.8, 4) is 5.75 Å². The van der Waals surface area contributed by atoms with Gasteiger partial charge in [0.2, 0.25) is 5.75 Å². The van der Waals surface area contributed by atoms with Crippen LogP contribution in [0.4, 0.5) is 5.69 Å². The summed E-state index contributed by atoms with van der Waals surface area (Å²) >= 11 is 0. The standard InChI is InChI=1S/C13H16N2O4/c1-8(9-4-2-5-9)14-13(17)10-6-3-7-11(12(10)16)15(18)19/h3,6-9,16H,2,4-5H2,1H3,(H,14,17). The summed E-state index contributed by atoms with van der Waals surface area (Å²) in [7, 11) is 0. The van der Waals surface area contributed by atoms with Crippen LogP contribution in [0.2, 0.25) is 0 Å². The molecule has 0 spiro atoms. The zero-order valence-electron chi connectivity index (χ0n) is 10.6. The van der Waals surface area contributed by atoms with E-state index in [2.05, 4.69) is 5.32 Å². The molecule has 1 aliphatic rings. The number of nitro benzene ring substituents is 1.